The van der Waals surface area contributed by atoms with Crippen molar-refractivity contribution < 1.29 is 0 Å². The molecule has 0 aliphatic carbocycles. The van der Waals surface area contributed by atoms with Gasteiger partial charge in [0.05, 0.1) is 6.04 Å². The number of aryl methyl sites for hydroxylation is 1. The number of nitrogens with one attached hydrogen (secondary N) is 1. The Kier molecular flexibility index (Phi) is 4.50. The van der Waals surface area contributed by atoms with Crippen molar-refractivity contribution in [1.29, 1.82) is 0 Å². The van der Waals surface area contributed by atoms with Crippen LogP contribution in [0, 0.1) is 6.92 Å². The van der Waals surface area contributed by atoms with Crippen molar-refractivity contribution in [2.24, 2.45) is 4.99 Å². The fourth-order valence-corrected chi connectivity index (χ4v) is 4.76. The predicted molar refractivity (Wildman–Crippen MR) is 136 cm³/mol. The summed E-state index contributed by atoms with van der Waals surface area (Å²) in [5.41, 5.74) is 9.91. The van der Waals surface area contributed by atoms with Crippen LogP contribution in [0.2, 0.25) is 0 Å². The Labute approximate surface area is 188 Å². The van der Waals surface area contributed by atoms with Crippen molar-refractivity contribution in [2.45, 2.75) is 19.4 Å². The van der Waals surface area contributed by atoms with E-state index in [-0.39, 0.29) is 6.04 Å². The highest BCUT2D eigenvalue weighted by molar-refractivity contribution is 6.09. The number of allylic oxidation sites excluding steroid dienone is 1. The van der Waals surface area contributed by atoms with Gasteiger partial charge in [-0.05, 0) is 83.1 Å². The van der Waals surface area contributed by atoms with Gasteiger partial charge in [-0.15, -0.1) is 0 Å². The molecule has 0 bridgehead atoms. The van der Waals surface area contributed by atoms with Crippen LogP contribution in [-0.4, -0.2) is 11.2 Å². The van der Waals surface area contributed by atoms with E-state index in [1.165, 1.54) is 55.2 Å². The van der Waals surface area contributed by atoms with E-state index in [1.807, 2.05) is 12.3 Å². The van der Waals surface area contributed by atoms with Gasteiger partial charge in [-0.25, -0.2) is 0 Å². The monoisotopic (exact) mass is 412 g/mol. The molecular formula is C30H24N2. The zero-order valence-electron chi connectivity index (χ0n) is 18.0. The minimum absolute atomic E-state index is 0.213. The molecule has 1 aliphatic heterocycles. The summed E-state index contributed by atoms with van der Waals surface area (Å²) >= 11 is 0. The van der Waals surface area contributed by atoms with Gasteiger partial charge in [-0.2, -0.15) is 0 Å². The first-order chi connectivity index (χ1) is 15.8. The van der Waals surface area contributed by atoms with Gasteiger partial charge in [0.1, 0.15) is 0 Å². The van der Waals surface area contributed by atoms with Crippen LogP contribution < -0.4 is 0 Å². The lowest BCUT2D eigenvalue weighted by atomic mass is 9.93. The maximum Gasteiger partial charge on any atom is 0.0786 e. The molecule has 0 amide bonds. The molecule has 1 aliphatic rings. The van der Waals surface area contributed by atoms with Gasteiger partial charge < -0.3 is 4.98 Å². The zero-order valence-corrected chi connectivity index (χ0v) is 18.0. The standard InChI is InChI=1S/C30H24N2/c1-20-10-11-23(17-25(20)28-9-5-6-16-31-28)24-13-15-30-27(19-24)26-18-22(12-14-29(26)32-30)21-7-3-2-4-8-21/h2-8,10-19,28,32H,9H2,1H3. The molecule has 1 atom stereocenters. The Balaban J connectivity index is 1.47. The van der Waals surface area contributed by atoms with Crippen molar-refractivity contribution in [3.05, 3.63) is 108 Å². The van der Waals surface area contributed by atoms with Crippen LogP contribution in [0.4, 0.5) is 0 Å². The number of H-pyrrole nitrogens is 1. The molecule has 4 aromatic carbocycles. The molecule has 154 valence electrons. The van der Waals surface area contributed by atoms with Gasteiger partial charge in [0.25, 0.3) is 0 Å². The first kappa shape index (κ1) is 18.8. The third-order valence-corrected chi connectivity index (χ3v) is 6.52. The molecule has 32 heavy (non-hydrogen) atoms. The van der Waals surface area contributed by atoms with Crippen molar-refractivity contribution in [3.63, 3.8) is 0 Å². The van der Waals surface area contributed by atoms with Crippen LogP contribution >= 0.6 is 0 Å². The molecule has 5 aromatic rings. The van der Waals surface area contributed by atoms with Crippen molar-refractivity contribution in [3.8, 4) is 22.3 Å². The van der Waals surface area contributed by atoms with Gasteiger partial charge in [0, 0.05) is 28.0 Å². The molecule has 0 saturated carbocycles. The quantitative estimate of drug-likeness (QED) is 0.311. The number of aliphatic imine (C=N–C) groups is 1. The molecule has 0 spiro atoms. The van der Waals surface area contributed by atoms with Gasteiger partial charge in [-0.1, -0.05) is 60.7 Å². The van der Waals surface area contributed by atoms with Gasteiger partial charge >= 0.3 is 0 Å². The summed E-state index contributed by atoms with van der Waals surface area (Å²) in [6, 6.07) is 31.0. The van der Waals surface area contributed by atoms with Crippen LogP contribution in [0.5, 0.6) is 0 Å². The maximum absolute atomic E-state index is 4.70. The minimum Gasteiger partial charge on any atom is -0.355 e. The third kappa shape index (κ3) is 3.25. The van der Waals surface area contributed by atoms with Gasteiger partial charge in [0.2, 0.25) is 0 Å². The number of dihydropyridines is 1. The lowest BCUT2D eigenvalue weighted by molar-refractivity contribution is 0.735. The van der Waals surface area contributed by atoms with E-state index in [2.05, 4.69) is 103 Å². The van der Waals surface area contributed by atoms with Crippen LogP contribution in [-0.2, 0) is 0 Å². The summed E-state index contributed by atoms with van der Waals surface area (Å²) < 4.78 is 0. The predicted octanol–water partition coefficient (Wildman–Crippen LogP) is 8.04. The van der Waals surface area contributed by atoms with Crippen molar-refractivity contribution in [2.75, 3.05) is 0 Å². The second kappa shape index (κ2) is 7.65. The number of hydrogen-bond donors (Lipinski definition) is 1. The summed E-state index contributed by atoms with van der Waals surface area (Å²) in [7, 11) is 0. The third-order valence-electron chi connectivity index (χ3n) is 6.52. The highest BCUT2D eigenvalue weighted by atomic mass is 14.8. The van der Waals surface area contributed by atoms with Crippen LogP contribution in [0.15, 0.2) is 102 Å². The Morgan fingerprint density at radius 3 is 2.06 bits per heavy atom. The smallest absolute Gasteiger partial charge is 0.0786 e. The van der Waals surface area contributed by atoms with E-state index < -0.39 is 0 Å². The average molecular weight is 413 g/mol. The number of aromatic amines is 1. The molecule has 1 N–H and O–H groups in total. The first-order valence-corrected chi connectivity index (χ1v) is 11.2. The summed E-state index contributed by atoms with van der Waals surface area (Å²) in [5.74, 6) is 0. The molecular weight excluding hydrogens is 388 g/mol. The average Bonchev–Trinajstić information content (AvgIpc) is 3.22. The number of benzene rings is 4. The lowest BCUT2D eigenvalue weighted by Gasteiger charge is -2.17. The molecule has 2 heteroatoms. The van der Waals surface area contributed by atoms with Crippen molar-refractivity contribution in [1.82, 2.24) is 4.98 Å². The van der Waals surface area contributed by atoms with Crippen LogP contribution in [0.1, 0.15) is 23.6 Å². The number of nitrogens with zero attached hydrogens (tertiary/aromatic N) is 1. The van der Waals surface area contributed by atoms with E-state index in [9.17, 15) is 0 Å². The van der Waals surface area contributed by atoms with Crippen LogP contribution in [0.25, 0.3) is 44.1 Å². The topological polar surface area (TPSA) is 28.1 Å². The molecule has 2 nitrogen and oxygen atoms in total. The van der Waals surface area contributed by atoms with E-state index in [0.29, 0.717) is 0 Å². The molecule has 1 unspecified atom stereocenters. The number of rotatable bonds is 3. The molecule has 2 heterocycles. The molecule has 6 rings (SSSR count). The molecule has 0 saturated heterocycles. The first-order valence-electron chi connectivity index (χ1n) is 11.2. The maximum atomic E-state index is 4.70. The number of aromatic nitrogens is 1. The zero-order chi connectivity index (χ0) is 21.5. The van der Waals surface area contributed by atoms with E-state index in [1.54, 1.807) is 0 Å². The highest BCUT2D eigenvalue weighted by Crippen LogP contribution is 2.35. The van der Waals surface area contributed by atoms with Gasteiger partial charge in [0.15, 0.2) is 0 Å². The van der Waals surface area contributed by atoms with Crippen molar-refractivity contribution >= 4 is 28.0 Å². The molecule has 1 aromatic heterocycles. The SMILES string of the molecule is Cc1ccc(-c2ccc3[nH]c4ccc(-c5ccccc5)cc4c3c2)cc1C1CC=CC=N1. The highest BCUT2D eigenvalue weighted by Gasteiger charge is 2.14. The second-order valence-corrected chi connectivity index (χ2v) is 8.56. The molecule has 0 radical (unpaired) electrons. The van der Waals surface area contributed by atoms with E-state index >= 15 is 0 Å². The Bertz CT molecular complexity index is 1500. The number of hydrogen-bond acceptors (Lipinski definition) is 1. The van der Waals surface area contributed by atoms with E-state index in [4.69, 9.17) is 4.99 Å². The lowest BCUT2D eigenvalue weighted by Crippen LogP contribution is -2.00. The number of fused-ring (bicyclic) bond motifs is 3. The largest absolute Gasteiger partial charge is 0.355 e. The summed E-state index contributed by atoms with van der Waals surface area (Å²) in [5, 5.41) is 2.52. The second-order valence-electron chi connectivity index (χ2n) is 8.56. The minimum atomic E-state index is 0.213. The Hall–Kier alpha value is -3.91. The van der Waals surface area contributed by atoms with Crippen LogP contribution in [0.3, 0.4) is 0 Å². The Morgan fingerprint density at radius 2 is 1.38 bits per heavy atom. The fourth-order valence-electron chi connectivity index (χ4n) is 4.76. The van der Waals surface area contributed by atoms with E-state index in [0.717, 1.165) is 6.42 Å². The summed E-state index contributed by atoms with van der Waals surface area (Å²) in [4.78, 5) is 8.28. The Morgan fingerprint density at radius 1 is 0.719 bits per heavy atom. The molecule has 0 fully saturated rings. The summed E-state index contributed by atoms with van der Waals surface area (Å²) in [6.45, 7) is 2.18. The fraction of sp³-hybridized carbons (Fsp3) is 0.100. The normalized spacial score (nSPS) is 15.6. The van der Waals surface area contributed by atoms with Gasteiger partial charge in [-0.3, -0.25) is 4.99 Å². The summed E-state index contributed by atoms with van der Waals surface area (Å²) in [6.07, 6.45) is 7.11.